The van der Waals surface area contributed by atoms with E-state index in [1.54, 1.807) is 12.1 Å². The first-order chi connectivity index (χ1) is 12.3. The Morgan fingerprint density at radius 3 is 2.08 bits per heavy atom. The van der Waals surface area contributed by atoms with Gasteiger partial charge in [0.05, 0.1) is 5.56 Å². The number of benzene rings is 1. The van der Waals surface area contributed by atoms with Gasteiger partial charge < -0.3 is 10.2 Å². The summed E-state index contributed by atoms with van der Waals surface area (Å²) >= 11 is 0. The van der Waals surface area contributed by atoms with E-state index in [0.717, 1.165) is 56.0 Å². The molecule has 26 heavy (non-hydrogen) atoms. The number of carbonyl (C=O) groups excluding carboxylic acids is 1. The van der Waals surface area contributed by atoms with Crippen molar-refractivity contribution in [2.75, 3.05) is 23.3 Å². The maximum absolute atomic E-state index is 12.6. The van der Waals surface area contributed by atoms with Crippen LogP contribution in [0.15, 0.2) is 36.4 Å². The number of aromatic nitrogens is 2. The number of halogens is 3. The number of amides is 1. The van der Waals surface area contributed by atoms with Gasteiger partial charge in [-0.15, -0.1) is 10.2 Å². The summed E-state index contributed by atoms with van der Waals surface area (Å²) < 4.78 is 37.7. The van der Waals surface area contributed by atoms with Gasteiger partial charge in [-0.1, -0.05) is 13.8 Å². The Morgan fingerprint density at radius 1 is 1.00 bits per heavy atom. The molecule has 0 spiro atoms. The number of nitrogens with zero attached hydrogens (tertiary/aromatic N) is 3. The number of nitrogens with one attached hydrogen (secondary N) is 1. The highest BCUT2D eigenvalue weighted by molar-refractivity contribution is 6.03. The van der Waals surface area contributed by atoms with E-state index in [1.807, 2.05) is 0 Å². The minimum Gasteiger partial charge on any atom is -0.355 e. The van der Waals surface area contributed by atoms with Crippen molar-refractivity contribution in [3.05, 3.63) is 47.5 Å². The molecule has 1 amide bonds. The Morgan fingerprint density at radius 2 is 1.62 bits per heavy atom. The van der Waals surface area contributed by atoms with Gasteiger partial charge in [0.15, 0.2) is 11.6 Å². The van der Waals surface area contributed by atoms with E-state index in [-0.39, 0.29) is 11.4 Å². The third kappa shape index (κ3) is 5.18. The average Bonchev–Trinajstić information content (AvgIpc) is 2.61. The lowest BCUT2D eigenvalue weighted by Gasteiger charge is -2.21. The third-order valence-corrected chi connectivity index (χ3v) is 3.68. The van der Waals surface area contributed by atoms with Gasteiger partial charge in [-0.05, 0) is 49.2 Å². The number of hydrogen-bond donors (Lipinski definition) is 1. The second-order valence-electron chi connectivity index (χ2n) is 5.79. The van der Waals surface area contributed by atoms with Gasteiger partial charge in [0.2, 0.25) is 0 Å². The monoisotopic (exact) mass is 366 g/mol. The second kappa shape index (κ2) is 8.64. The molecule has 5 nitrogen and oxygen atoms in total. The van der Waals surface area contributed by atoms with Crippen LogP contribution in [0.3, 0.4) is 0 Å². The fourth-order valence-electron chi connectivity index (χ4n) is 2.44. The zero-order valence-electron chi connectivity index (χ0n) is 14.7. The minimum atomic E-state index is -4.43. The molecule has 2 rings (SSSR count). The van der Waals surface area contributed by atoms with Crippen LogP contribution < -0.4 is 10.2 Å². The van der Waals surface area contributed by atoms with Crippen LogP contribution in [0, 0.1) is 0 Å². The number of rotatable bonds is 7. The SMILES string of the molecule is CCCN(CCC)c1ccc(NC(=O)c2ccc(C(F)(F)F)cc2)nn1. The van der Waals surface area contributed by atoms with Crippen LogP contribution >= 0.6 is 0 Å². The smallest absolute Gasteiger partial charge is 0.355 e. The highest BCUT2D eigenvalue weighted by Crippen LogP contribution is 2.29. The maximum atomic E-state index is 12.6. The van der Waals surface area contributed by atoms with Gasteiger partial charge in [0.1, 0.15) is 0 Å². The highest BCUT2D eigenvalue weighted by Gasteiger charge is 2.30. The Bertz CT molecular complexity index is 709. The van der Waals surface area contributed by atoms with Crippen molar-refractivity contribution in [1.29, 1.82) is 0 Å². The molecule has 0 atom stereocenters. The van der Waals surface area contributed by atoms with E-state index < -0.39 is 17.6 Å². The molecule has 0 aliphatic carbocycles. The number of alkyl halides is 3. The number of anilines is 2. The summed E-state index contributed by atoms with van der Waals surface area (Å²) in [5.74, 6) is 0.424. The van der Waals surface area contributed by atoms with Crippen molar-refractivity contribution >= 4 is 17.5 Å². The summed E-state index contributed by atoms with van der Waals surface area (Å²) in [6.45, 7) is 5.88. The van der Waals surface area contributed by atoms with Crippen molar-refractivity contribution in [1.82, 2.24) is 10.2 Å². The molecule has 1 aromatic carbocycles. The molecule has 2 aromatic rings. The fourth-order valence-corrected chi connectivity index (χ4v) is 2.44. The molecule has 0 fully saturated rings. The van der Waals surface area contributed by atoms with Gasteiger partial charge in [-0.3, -0.25) is 4.79 Å². The van der Waals surface area contributed by atoms with Crippen molar-refractivity contribution in [2.24, 2.45) is 0 Å². The normalized spacial score (nSPS) is 11.3. The minimum absolute atomic E-state index is 0.113. The summed E-state index contributed by atoms with van der Waals surface area (Å²) in [5, 5.41) is 10.6. The van der Waals surface area contributed by atoms with Gasteiger partial charge >= 0.3 is 6.18 Å². The summed E-state index contributed by atoms with van der Waals surface area (Å²) in [5.41, 5.74) is -0.687. The molecule has 140 valence electrons. The van der Waals surface area contributed by atoms with Gasteiger partial charge in [-0.25, -0.2) is 0 Å². The van der Waals surface area contributed by atoms with E-state index in [9.17, 15) is 18.0 Å². The van der Waals surface area contributed by atoms with E-state index in [1.165, 1.54) is 0 Å². The first-order valence-electron chi connectivity index (χ1n) is 8.42. The molecular weight excluding hydrogens is 345 g/mol. The second-order valence-corrected chi connectivity index (χ2v) is 5.79. The van der Waals surface area contributed by atoms with Crippen molar-refractivity contribution in [3.63, 3.8) is 0 Å². The molecule has 1 aromatic heterocycles. The molecule has 0 bridgehead atoms. The Hall–Kier alpha value is -2.64. The molecule has 1 N–H and O–H groups in total. The molecule has 0 saturated heterocycles. The van der Waals surface area contributed by atoms with Crippen LogP contribution in [0.4, 0.5) is 24.8 Å². The van der Waals surface area contributed by atoms with Crippen LogP contribution in [0.1, 0.15) is 42.6 Å². The first-order valence-corrected chi connectivity index (χ1v) is 8.42. The lowest BCUT2D eigenvalue weighted by Crippen LogP contribution is -2.26. The zero-order valence-corrected chi connectivity index (χ0v) is 14.7. The standard InChI is InChI=1S/C18H21F3N4O/c1-3-11-25(12-4-2)16-10-9-15(23-24-16)22-17(26)13-5-7-14(8-6-13)18(19,20)21/h5-10H,3-4,11-12H2,1-2H3,(H,22,23,26). The van der Waals surface area contributed by atoms with Crippen LogP contribution in [0.2, 0.25) is 0 Å². The van der Waals surface area contributed by atoms with Crippen LogP contribution in [-0.2, 0) is 6.18 Å². The molecule has 0 unspecified atom stereocenters. The van der Waals surface area contributed by atoms with E-state index in [0.29, 0.717) is 0 Å². The lowest BCUT2D eigenvalue weighted by molar-refractivity contribution is -0.137. The molecule has 0 radical (unpaired) electrons. The first kappa shape index (κ1) is 19.7. The van der Waals surface area contributed by atoms with E-state index in [4.69, 9.17) is 0 Å². The summed E-state index contributed by atoms with van der Waals surface area (Å²) in [4.78, 5) is 14.2. The third-order valence-electron chi connectivity index (χ3n) is 3.68. The highest BCUT2D eigenvalue weighted by atomic mass is 19.4. The molecule has 8 heteroatoms. The topological polar surface area (TPSA) is 58.1 Å². The number of carbonyl (C=O) groups is 1. The predicted molar refractivity (Wildman–Crippen MR) is 94.2 cm³/mol. The van der Waals surface area contributed by atoms with Gasteiger partial charge in [0.25, 0.3) is 5.91 Å². The molecule has 0 saturated carbocycles. The fraction of sp³-hybridized carbons (Fsp3) is 0.389. The van der Waals surface area contributed by atoms with Crippen LogP contribution in [0.5, 0.6) is 0 Å². The van der Waals surface area contributed by atoms with Gasteiger partial charge in [0, 0.05) is 18.7 Å². The maximum Gasteiger partial charge on any atom is 0.416 e. The molecule has 1 heterocycles. The van der Waals surface area contributed by atoms with Crippen molar-refractivity contribution < 1.29 is 18.0 Å². The molecular formula is C18H21F3N4O. The Kier molecular flexibility index (Phi) is 6.54. The van der Waals surface area contributed by atoms with Crippen LogP contribution in [0.25, 0.3) is 0 Å². The zero-order chi connectivity index (χ0) is 19.2. The average molecular weight is 366 g/mol. The number of hydrogen-bond acceptors (Lipinski definition) is 4. The predicted octanol–water partition coefficient (Wildman–Crippen LogP) is 4.37. The molecule has 0 aliphatic heterocycles. The largest absolute Gasteiger partial charge is 0.416 e. The van der Waals surface area contributed by atoms with E-state index >= 15 is 0 Å². The summed E-state index contributed by atoms with van der Waals surface area (Å²) in [6.07, 6.45) is -2.47. The summed E-state index contributed by atoms with van der Waals surface area (Å²) in [7, 11) is 0. The van der Waals surface area contributed by atoms with Crippen molar-refractivity contribution in [2.45, 2.75) is 32.9 Å². The van der Waals surface area contributed by atoms with Crippen molar-refractivity contribution in [3.8, 4) is 0 Å². The summed E-state index contributed by atoms with van der Waals surface area (Å²) in [6, 6.07) is 7.39. The lowest BCUT2D eigenvalue weighted by atomic mass is 10.1. The quantitative estimate of drug-likeness (QED) is 0.790. The Balaban J connectivity index is 2.05. The van der Waals surface area contributed by atoms with Gasteiger partial charge in [-0.2, -0.15) is 13.2 Å². The van der Waals surface area contributed by atoms with E-state index in [2.05, 4.69) is 34.3 Å². The van der Waals surface area contributed by atoms with Crippen LogP contribution in [-0.4, -0.2) is 29.2 Å². The Labute approximate surface area is 150 Å². The molecule has 0 aliphatic rings.